The van der Waals surface area contributed by atoms with E-state index in [9.17, 15) is 34.8 Å². The Bertz CT molecular complexity index is 541. The van der Waals surface area contributed by atoms with Crippen molar-refractivity contribution in [3.05, 3.63) is 0 Å². The van der Waals surface area contributed by atoms with Crippen molar-refractivity contribution < 1.29 is 54.6 Å². The second-order valence-corrected chi connectivity index (χ2v) is 6.73. The lowest BCUT2D eigenvalue weighted by atomic mass is 9.93. The molecule has 0 aromatic carbocycles. The Labute approximate surface area is 167 Å². The summed E-state index contributed by atoms with van der Waals surface area (Å²) in [6, 6.07) is 0. The Morgan fingerprint density at radius 1 is 0.862 bits per heavy atom. The lowest BCUT2D eigenvalue weighted by molar-refractivity contribution is -0.231. The van der Waals surface area contributed by atoms with E-state index < -0.39 is 55.0 Å². The topological polar surface area (TPSA) is 194 Å². The van der Waals surface area contributed by atoms with Crippen molar-refractivity contribution in [3.63, 3.8) is 0 Å². The summed E-state index contributed by atoms with van der Waals surface area (Å²) in [6.07, 6.45) is -6.55. The van der Waals surface area contributed by atoms with Gasteiger partial charge in [0.25, 0.3) is 0 Å². The zero-order valence-electron chi connectivity index (χ0n) is 15.9. The first-order valence-electron chi connectivity index (χ1n) is 9.34. The summed E-state index contributed by atoms with van der Waals surface area (Å²) in [4.78, 5) is 38.6. The van der Waals surface area contributed by atoms with E-state index in [0.717, 1.165) is 5.06 Å². The SMILES string of the molecule is O=C(O)CCCON(CCC[C@H]1O[C@H](CO)[C@@H](O)[C@H](O)[C@@H]1O)C(=O)CCC(=O)O. The van der Waals surface area contributed by atoms with Gasteiger partial charge in [-0.3, -0.25) is 19.2 Å². The number of carboxylic acids is 2. The van der Waals surface area contributed by atoms with Crippen LogP contribution in [0, 0.1) is 0 Å². The van der Waals surface area contributed by atoms with Gasteiger partial charge >= 0.3 is 11.9 Å². The lowest BCUT2D eigenvalue weighted by Gasteiger charge is -2.40. The number of carboxylic acid groups (broad SMARTS) is 2. The number of aliphatic carboxylic acids is 2. The maximum atomic E-state index is 12.2. The number of amides is 1. The van der Waals surface area contributed by atoms with E-state index in [2.05, 4.69) is 0 Å². The Morgan fingerprint density at radius 3 is 2.07 bits per heavy atom. The molecule has 12 nitrogen and oxygen atoms in total. The van der Waals surface area contributed by atoms with Crippen LogP contribution in [0.15, 0.2) is 0 Å². The molecule has 0 unspecified atom stereocenters. The summed E-state index contributed by atoms with van der Waals surface area (Å²) in [5, 5.41) is 57.1. The summed E-state index contributed by atoms with van der Waals surface area (Å²) >= 11 is 0. The van der Waals surface area contributed by atoms with Gasteiger partial charge in [-0.25, -0.2) is 5.06 Å². The minimum Gasteiger partial charge on any atom is -0.481 e. The number of hydroxylamine groups is 2. The molecule has 1 saturated heterocycles. The number of aliphatic hydroxyl groups is 4. The summed E-state index contributed by atoms with van der Waals surface area (Å²) in [5.41, 5.74) is 0. The molecule has 0 aromatic heterocycles. The van der Waals surface area contributed by atoms with E-state index in [-0.39, 0.29) is 51.7 Å². The second-order valence-electron chi connectivity index (χ2n) is 6.73. The molecule has 29 heavy (non-hydrogen) atoms. The normalized spacial score (nSPS) is 26.8. The number of hydrogen-bond donors (Lipinski definition) is 6. The van der Waals surface area contributed by atoms with Gasteiger partial charge in [-0.15, -0.1) is 0 Å². The Balaban J connectivity index is 2.57. The molecular weight excluding hydrogens is 394 g/mol. The minimum atomic E-state index is -1.49. The van der Waals surface area contributed by atoms with E-state index in [1.165, 1.54) is 0 Å². The molecule has 1 heterocycles. The van der Waals surface area contributed by atoms with Gasteiger partial charge in [0, 0.05) is 19.4 Å². The first-order valence-corrected chi connectivity index (χ1v) is 9.34. The molecule has 0 aliphatic carbocycles. The van der Waals surface area contributed by atoms with Gasteiger partial charge in [0.2, 0.25) is 5.91 Å². The average Bonchev–Trinajstić information content (AvgIpc) is 2.67. The first-order chi connectivity index (χ1) is 13.7. The molecule has 1 aliphatic rings. The highest BCUT2D eigenvalue weighted by molar-refractivity contribution is 5.79. The van der Waals surface area contributed by atoms with Gasteiger partial charge in [0.1, 0.15) is 24.4 Å². The molecule has 0 aromatic rings. The van der Waals surface area contributed by atoms with Crippen LogP contribution in [0.25, 0.3) is 0 Å². The van der Waals surface area contributed by atoms with Crippen molar-refractivity contribution in [2.45, 2.75) is 69.0 Å². The Morgan fingerprint density at radius 2 is 1.48 bits per heavy atom. The van der Waals surface area contributed by atoms with Crippen molar-refractivity contribution in [2.24, 2.45) is 0 Å². The Kier molecular flexibility index (Phi) is 11.0. The first kappa shape index (κ1) is 25.2. The fraction of sp³-hybridized carbons (Fsp3) is 0.824. The predicted octanol–water partition coefficient (Wildman–Crippen LogP) is -1.90. The largest absolute Gasteiger partial charge is 0.481 e. The van der Waals surface area contributed by atoms with Crippen molar-refractivity contribution in [3.8, 4) is 0 Å². The number of aliphatic hydroxyl groups excluding tert-OH is 4. The highest BCUT2D eigenvalue weighted by Gasteiger charge is 2.42. The monoisotopic (exact) mass is 423 g/mol. The number of carbonyl (C=O) groups excluding carboxylic acids is 1. The summed E-state index contributed by atoms with van der Waals surface area (Å²) in [6.45, 7) is -0.584. The molecule has 0 radical (unpaired) electrons. The van der Waals surface area contributed by atoms with Crippen LogP contribution in [0.3, 0.4) is 0 Å². The third-order valence-corrected chi connectivity index (χ3v) is 4.45. The lowest BCUT2D eigenvalue weighted by Crippen LogP contribution is -2.58. The highest BCUT2D eigenvalue weighted by atomic mass is 16.7. The van der Waals surface area contributed by atoms with Gasteiger partial charge in [-0.2, -0.15) is 0 Å². The van der Waals surface area contributed by atoms with Crippen LogP contribution in [0.5, 0.6) is 0 Å². The summed E-state index contributed by atoms with van der Waals surface area (Å²) < 4.78 is 5.38. The summed E-state index contributed by atoms with van der Waals surface area (Å²) in [7, 11) is 0. The molecule has 0 saturated carbocycles. The highest BCUT2D eigenvalue weighted by Crippen LogP contribution is 2.24. The van der Waals surface area contributed by atoms with Crippen LogP contribution in [-0.4, -0.2) is 104 Å². The minimum absolute atomic E-state index is 0.0144. The van der Waals surface area contributed by atoms with E-state index in [4.69, 9.17) is 19.8 Å². The van der Waals surface area contributed by atoms with Gasteiger partial charge < -0.3 is 35.4 Å². The van der Waals surface area contributed by atoms with Gasteiger partial charge in [-0.05, 0) is 19.3 Å². The maximum Gasteiger partial charge on any atom is 0.303 e. The molecule has 0 bridgehead atoms. The molecule has 1 amide bonds. The fourth-order valence-electron chi connectivity index (χ4n) is 2.85. The zero-order valence-corrected chi connectivity index (χ0v) is 15.9. The molecule has 1 aliphatic heterocycles. The van der Waals surface area contributed by atoms with E-state index in [0.29, 0.717) is 0 Å². The number of nitrogens with zero attached hydrogens (tertiary/aromatic N) is 1. The van der Waals surface area contributed by atoms with Gasteiger partial charge in [0.15, 0.2) is 0 Å². The third-order valence-electron chi connectivity index (χ3n) is 4.45. The number of hydrogen-bond acceptors (Lipinski definition) is 9. The molecule has 0 spiro atoms. The quantitative estimate of drug-likeness (QED) is 0.143. The molecule has 6 N–H and O–H groups in total. The molecule has 5 atom stereocenters. The molecule has 1 fully saturated rings. The standard InChI is InChI=1S/C17H29NO11/c19-9-11-16(26)17(27)15(25)10(29-11)3-1-7-18(12(20)5-6-14(23)24)28-8-2-4-13(21)22/h10-11,15-17,19,25-27H,1-9H2,(H,21,22)(H,23,24)/t10-,11-,15-,16-,17-/m1/s1. The molecule has 168 valence electrons. The zero-order chi connectivity index (χ0) is 22.0. The van der Waals surface area contributed by atoms with Crippen LogP contribution < -0.4 is 0 Å². The summed E-state index contributed by atoms with van der Waals surface area (Å²) in [5.74, 6) is -2.75. The van der Waals surface area contributed by atoms with Crippen molar-refractivity contribution in [2.75, 3.05) is 19.8 Å². The molecule has 1 rings (SSSR count). The smallest absolute Gasteiger partial charge is 0.303 e. The number of rotatable bonds is 13. The van der Waals surface area contributed by atoms with Crippen molar-refractivity contribution >= 4 is 17.8 Å². The van der Waals surface area contributed by atoms with Gasteiger partial charge in [-0.1, -0.05) is 0 Å². The number of carbonyl (C=O) groups is 3. The third kappa shape index (κ3) is 8.60. The van der Waals surface area contributed by atoms with Crippen LogP contribution in [0.1, 0.15) is 38.5 Å². The predicted molar refractivity (Wildman–Crippen MR) is 94.4 cm³/mol. The fourth-order valence-corrected chi connectivity index (χ4v) is 2.85. The van der Waals surface area contributed by atoms with E-state index in [1.807, 2.05) is 0 Å². The van der Waals surface area contributed by atoms with Crippen LogP contribution in [0.4, 0.5) is 0 Å². The van der Waals surface area contributed by atoms with E-state index in [1.54, 1.807) is 0 Å². The average molecular weight is 423 g/mol. The Hall–Kier alpha value is -1.83. The maximum absolute atomic E-state index is 12.2. The number of ether oxygens (including phenoxy) is 1. The van der Waals surface area contributed by atoms with E-state index >= 15 is 0 Å². The molecular formula is C17H29NO11. The second kappa shape index (κ2) is 12.7. The molecule has 12 heteroatoms. The van der Waals surface area contributed by atoms with Crippen molar-refractivity contribution in [1.29, 1.82) is 0 Å². The van der Waals surface area contributed by atoms with Crippen LogP contribution >= 0.6 is 0 Å². The van der Waals surface area contributed by atoms with Crippen LogP contribution in [-0.2, 0) is 24.0 Å². The van der Waals surface area contributed by atoms with Crippen molar-refractivity contribution in [1.82, 2.24) is 5.06 Å². The van der Waals surface area contributed by atoms with Gasteiger partial charge in [0.05, 0.1) is 25.7 Å². The van der Waals surface area contributed by atoms with Crippen LogP contribution in [0.2, 0.25) is 0 Å².